The van der Waals surface area contributed by atoms with Crippen LogP contribution in [-0.2, 0) is 4.79 Å². The Hall–Kier alpha value is -0.570. The van der Waals surface area contributed by atoms with E-state index in [2.05, 4.69) is 5.32 Å². The maximum Gasteiger partial charge on any atom is 0.220 e. The average Bonchev–Trinajstić information content (AvgIpc) is 3.15. The molecule has 0 aromatic carbocycles. The van der Waals surface area contributed by atoms with Crippen LogP contribution >= 0.6 is 0 Å². The zero-order valence-corrected chi connectivity index (χ0v) is 10.1. The van der Waals surface area contributed by atoms with Gasteiger partial charge in [-0.3, -0.25) is 4.79 Å². The van der Waals surface area contributed by atoms with Gasteiger partial charge in [0, 0.05) is 12.5 Å². The van der Waals surface area contributed by atoms with Crippen molar-refractivity contribution in [3.63, 3.8) is 0 Å². The van der Waals surface area contributed by atoms with Gasteiger partial charge in [0.25, 0.3) is 0 Å². The zero-order valence-electron chi connectivity index (χ0n) is 10.1. The Morgan fingerprint density at radius 3 is 2.25 bits per heavy atom. The lowest BCUT2D eigenvalue weighted by Crippen LogP contribution is -2.37. The maximum atomic E-state index is 11.7. The van der Waals surface area contributed by atoms with E-state index in [9.17, 15) is 4.79 Å². The van der Waals surface area contributed by atoms with Gasteiger partial charge in [0.1, 0.15) is 0 Å². The molecule has 2 rings (SSSR count). The molecule has 0 saturated heterocycles. The molecule has 0 aromatic heterocycles. The standard InChI is InChI=1S/C13H24N2O/c14-9-3-1-2-4-12(16)15-13(10-5-6-10)11-7-8-11/h10-11,13H,1-9,14H2,(H,15,16). The molecule has 0 spiro atoms. The molecule has 92 valence electrons. The van der Waals surface area contributed by atoms with Crippen molar-refractivity contribution in [2.75, 3.05) is 6.54 Å². The molecule has 3 nitrogen and oxygen atoms in total. The molecule has 0 bridgehead atoms. The van der Waals surface area contributed by atoms with E-state index in [1.54, 1.807) is 0 Å². The van der Waals surface area contributed by atoms with Crippen molar-refractivity contribution >= 4 is 5.91 Å². The Morgan fingerprint density at radius 1 is 1.12 bits per heavy atom. The number of rotatable bonds is 8. The molecule has 0 aliphatic heterocycles. The molecule has 16 heavy (non-hydrogen) atoms. The molecule has 0 radical (unpaired) electrons. The second-order valence-corrected chi connectivity index (χ2v) is 5.37. The van der Waals surface area contributed by atoms with Crippen LogP contribution in [-0.4, -0.2) is 18.5 Å². The Balaban J connectivity index is 1.61. The van der Waals surface area contributed by atoms with E-state index < -0.39 is 0 Å². The fraction of sp³-hybridized carbons (Fsp3) is 0.923. The minimum Gasteiger partial charge on any atom is -0.353 e. The number of unbranched alkanes of at least 4 members (excludes halogenated alkanes) is 2. The fourth-order valence-electron chi connectivity index (χ4n) is 2.40. The van der Waals surface area contributed by atoms with E-state index >= 15 is 0 Å². The van der Waals surface area contributed by atoms with Crippen LogP contribution in [0.3, 0.4) is 0 Å². The van der Waals surface area contributed by atoms with Crippen LogP contribution in [0.25, 0.3) is 0 Å². The summed E-state index contributed by atoms with van der Waals surface area (Å²) in [5, 5.41) is 3.25. The van der Waals surface area contributed by atoms with Crippen molar-refractivity contribution in [3.05, 3.63) is 0 Å². The van der Waals surface area contributed by atoms with Crippen molar-refractivity contribution in [2.24, 2.45) is 17.6 Å². The van der Waals surface area contributed by atoms with E-state index in [0.29, 0.717) is 12.5 Å². The van der Waals surface area contributed by atoms with Gasteiger partial charge in [-0.2, -0.15) is 0 Å². The third kappa shape index (κ3) is 3.78. The van der Waals surface area contributed by atoms with Gasteiger partial charge in [0.2, 0.25) is 5.91 Å². The second kappa shape index (κ2) is 5.67. The smallest absolute Gasteiger partial charge is 0.220 e. The van der Waals surface area contributed by atoms with Gasteiger partial charge in [-0.15, -0.1) is 0 Å². The van der Waals surface area contributed by atoms with Gasteiger partial charge in [-0.05, 0) is 56.9 Å². The summed E-state index contributed by atoms with van der Waals surface area (Å²) >= 11 is 0. The maximum absolute atomic E-state index is 11.7. The van der Waals surface area contributed by atoms with Gasteiger partial charge in [0.05, 0.1) is 0 Å². The fourth-order valence-corrected chi connectivity index (χ4v) is 2.40. The Kier molecular flexibility index (Phi) is 4.22. The van der Waals surface area contributed by atoms with Crippen molar-refractivity contribution in [1.29, 1.82) is 0 Å². The van der Waals surface area contributed by atoms with Crippen molar-refractivity contribution in [2.45, 2.75) is 57.4 Å². The molecule has 2 fully saturated rings. The summed E-state index contributed by atoms with van der Waals surface area (Å²) in [4.78, 5) is 11.7. The lowest BCUT2D eigenvalue weighted by atomic mass is 10.1. The van der Waals surface area contributed by atoms with Gasteiger partial charge < -0.3 is 11.1 Å². The minimum absolute atomic E-state index is 0.265. The van der Waals surface area contributed by atoms with Gasteiger partial charge >= 0.3 is 0 Å². The molecular weight excluding hydrogens is 200 g/mol. The summed E-state index contributed by atoms with van der Waals surface area (Å²) in [5.74, 6) is 1.88. The van der Waals surface area contributed by atoms with Crippen LogP contribution < -0.4 is 11.1 Å². The summed E-state index contributed by atoms with van der Waals surface area (Å²) in [6, 6.07) is 0.516. The molecule has 2 aliphatic rings. The molecule has 2 saturated carbocycles. The van der Waals surface area contributed by atoms with Crippen LogP contribution in [0.1, 0.15) is 51.4 Å². The van der Waals surface area contributed by atoms with Crippen LogP contribution in [0.4, 0.5) is 0 Å². The molecule has 2 aliphatic carbocycles. The average molecular weight is 224 g/mol. The normalized spacial score (nSPS) is 20.1. The highest BCUT2D eigenvalue weighted by Gasteiger charge is 2.41. The molecule has 0 aromatic rings. The Labute approximate surface area is 98.2 Å². The first-order valence-corrected chi connectivity index (χ1v) is 6.80. The summed E-state index contributed by atoms with van der Waals surface area (Å²) in [6.07, 6.45) is 9.12. The SMILES string of the molecule is NCCCCCC(=O)NC(C1CC1)C1CC1. The molecule has 0 heterocycles. The second-order valence-electron chi connectivity index (χ2n) is 5.37. The van der Waals surface area contributed by atoms with Crippen molar-refractivity contribution in [3.8, 4) is 0 Å². The molecule has 0 atom stereocenters. The lowest BCUT2D eigenvalue weighted by Gasteiger charge is -2.17. The van der Waals surface area contributed by atoms with E-state index in [-0.39, 0.29) is 5.91 Å². The van der Waals surface area contributed by atoms with E-state index in [4.69, 9.17) is 5.73 Å². The summed E-state index contributed by atoms with van der Waals surface area (Å²) in [5.41, 5.74) is 5.42. The first-order valence-electron chi connectivity index (χ1n) is 6.80. The third-order valence-electron chi connectivity index (χ3n) is 3.70. The number of hydrogen-bond acceptors (Lipinski definition) is 2. The summed E-state index contributed by atoms with van der Waals surface area (Å²) in [7, 11) is 0. The summed E-state index contributed by atoms with van der Waals surface area (Å²) in [6.45, 7) is 0.744. The van der Waals surface area contributed by atoms with Gasteiger partial charge in [-0.1, -0.05) is 6.42 Å². The number of hydrogen-bond donors (Lipinski definition) is 2. The lowest BCUT2D eigenvalue weighted by molar-refractivity contribution is -0.122. The molecule has 0 unspecified atom stereocenters. The van der Waals surface area contributed by atoms with E-state index in [1.165, 1.54) is 25.7 Å². The molecule has 3 N–H and O–H groups in total. The molecular formula is C13H24N2O. The Bertz CT molecular complexity index is 222. The van der Waals surface area contributed by atoms with Crippen LogP contribution in [0.5, 0.6) is 0 Å². The van der Waals surface area contributed by atoms with Gasteiger partial charge in [-0.25, -0.2) is 0 Å². The third-order valence-corrected chi connectivity index (χ3v) is 3.70. The number of nitrogens with one attached hydrogen (secondary N) is 1. The first-order chi connectivity index (χ1) is 7.81. The van der Waals surface area contributed by atoms with Crippen LogP contribution in [0.15, 0.2) is 0 Å². The minimum atomic E-state index is 0.265. The largest absolute Gasteiger partial charge is 0.353 e. The summed E-state index contributed by atoms with van der Waals surface area (Å²) < 4.78 is 0. The van der Waals surface area contributed by atoms with Crippen molar-refractivity contribution in [1.82, 2.24) is 5.32 Å². The molecule has 1 amide bonds. The van der Waals surface area contributed by atoms with Crippen LogP contribution in [0.2, 0.25) is 0 Å². The number of amides is 1. The molecule has 3 heteroatoms. The topological polar surface area (TPSA) is 55.1 Å². The predicted molar refractivity (Wildman–Crippen MR) is 64.9 cm³/mol. The van der Waals surface area contributed by atoms with Crippen molar-refractivity contribution < 1.29 is 4.79 Å². The highest BCUT2D eigenvalue weighted by atomic mass is 16.1. The van der Waals surface area contributed by atoms with E-state index in [1.807, 2.05) is 0 Å². The predicted octanol–water partition coefficient (Wildman–Crippen LogP) is 1.81. The van der Waals surface area contributed by atoms with E-state index in [0.717, 1.165) is 37.6 Å². The quantitative estimate of drug-likeness (QED) is 0.618. The number of carbonyl (C=O) groups excluding carboxylic acids is 1. The highest BCUT2D eigenvalue weighted by molar-refractivity contribution is 5.76. The highest BCUT2D eigenvalue weighted by Crippen LogP contribution is 2.44. The van der Waals surface area contributed by atoms with Crippen LogP contribution in [0, 0.1) is 11.8 Å². The zero-order chi connectivity index (χ0) is 11.4. The number of nitrogens with two attached hydrogens (primary N) is 1. The first kappa shape index (κ1) is 11.9. The van der Waals surface area contributed by atoms with Gasteiger partial charge in [0.15, 0.2) is 0 Å². The monoisotopic (exact) mass is 224 g/mol. The number of carbonyl (C=O) groups is 1. The Morgan fingerprint density at radius 2 is 1.75 bits per heavy atom.